The maximum absolute atomic E-state index is 4.84. The van der Waals surface area contributed by atoms with Gasteiger partial charge in [-0.2, -0.15) is 11.3 Å². The molecule has 0 radical (unpaired) electrons. The number of fused-ring (bicyclic) bond motifs is 1. The Kier molecular flexibility index (Phi) is 3.03. The van der Waals surface area contributed by atoms with Crippen LogP contribution in [0.4, 0.5) is 0 Å². The molecule has 0 spiro atoms. The number of thiazole rings is 1. The van der Waals surface area contributed by atoms with Gasteiger partial charge in [-0.25, -0.2) is 4.98 Å². The Bertz CT molecular complexity index is 527. The zero-order valence-electron chi connectivity index (χ0n) is 10.1. The molecule has 0 saturated heterocycles. The van der Waals surface area contributed by atoms with Crippen molar-refractivity contribution in [3.05, 3.63) is 26.9 Å². The molecule has 0 aliphatic heterocycles. The Balaban J connectivity index is 2.04. The Morgan fingerprint density at radius 2 is 2.29 bits per heavy atom. The highest BCUT2D eigenvalue weighted by molar-refractivity contribution is 7.16. The second-order valence-corrected chi connectivity index (χ2v) is 6.31. The molecule has 0 saturated carbocycles. The van der Waals surface area contributed by atoms with Gasteiger partial charge in [-0.3, -0.25) is 0 Å². The quantitative estimate of drug-likeness (QED) is 0.893. The third-order valence-electron chi connectivity index (χ3n) is 3.38. The van der Waals surface area contributed by atoms with Crippen LogP contribution in [0.3, 0.4) is 0 Å². The Morgan fingerprint density at radius 1 is 1.41 bits per heavy atom. The molecule has 1 atom stereocenters. The standard InChI is InChI=1S/C13H16N2S2/c1-8-6-16-7-9(8)13-15-11-5-3-4-10(14-2)12(11)17-13/h6-7,10,14H,3-5H2,1-2H3. The summed E-state index contributed by atoms with van der Waals surface area (Å²) < 4.78 is 0. The molecule has 3 rings (SSSR count). The number of hydrogen-bond donors (Lipinski definition) is 1. The highest BCUT2D eigenvalue weighted by Gasteiger charge is 2.24. The molecule has 4 heteroatoms. The predicted molar refractivity (Wildman–Crippen MR) is 74.9 cm³/mol. The molecule has 0 aromatic carbocycles. The number of thiophene rings is 1. The summed E-state index contributed by atoms with van der Waals surface area (Å²) in [5.74, 6) is 0. The van der Waals surface area contributed by atoms with Crippen molar-refractivity contribution in [1.29, 1.82) is 0 Å². The van der Waals surface area contributed by atoms with E-state index >= 15 is 0 Å². The highest BCUT2D eigenvalue weighted by atomic mass is 32.1. The van der Waals surface area contributed by atoms with Crippen LogP contribution in [0.25, 0.3) is 10.6 Å². The van der Waals surface area contributed by atoms with Crippen molar-refractivity contribution >= 4 is 22.7 Å². The number of hydrogen-bond acceptors (Lipinski definition) is 4. The molecule has 0 bridgehead atoms. The van der Waals surface area contributed by atoms with Crippen molar-refractivity contribution in [2.75, 3.05) is 7.05 Å². The van der Waals surface area contributed by atoms with Crippen molar-refractivity contribution < 1.29 is 0 Å². The number of nitrogens with zero attached hydrogens (tertiary/aromatic N) is 1. The van der Waals surface area contributed by atoms with Crippen LogP contribution in [0.15, 0.2) is 10.8 Å². The normalized spacial score (nSPS) is 19.3. The maximum Gasteiger partial charge on any atom is 0.125 e. The predicted octanol–water partition coefficient (Wildman–Crippen LogP) is 3.78. The van der Waals surface area contributed by atoms with E-state index in [4.69, 9.17) is 4.98 Å². The molecule has 0 fully saturated rings. The molecule has 90 valence electrons. The van der Waals surface area contributed by atoms with Gasteiger partial charge in [0.1, 0.15) is 5.01 Å². The first-order chi connectivity index (χ1) is 8.29. The smallest absolute Gasteiger partial charge is 0.125 e. The third-order valence-corrected chi connectivity index (χ3v) is 5.49. The van der Waals surface area contributed by atoms with E-state index in [2.05, 4.69) is 30.0 Å². The summed E-state index contributed by atoms with van der Waals surface area (Å²) in [6.07, 6.45) is 3.64. The summed E-state index contributed by atoms with van der Waals surface area (Å²) in [4.78, 5) is 6.30. The first-order valence-corrected chi connectivity index (χ1v) is 7.75. The Hall–Kier alpha value is -0.710. The maximum atomic E-state index is 4.84. The highest BCUT2D eigenvalue weighted by Crippen LogP contribution is 2.39. The lowest BCUT2D eigenvalue weighted by molar-refractivity contribution is 0.501. The van der Waals surface area contributed by atoms with Gasteiger partial charge in [-0.05, 0) is 44.2 Å². The molecule has 1 unspecified atom stereocenters. The molecular formula is C13H16N2S2. The van der Waals surface area contributed by atoms with Crippen LogP contribution in [0.2, 0.25) is 0 Å². The van der Waals surface area contributed by atoms with Crippen molar-refractivity contribution in [3.63, 3.8) is 0 Å². The molecule has 2 heterocycles. The van der Waals surface area contributed by atoms with Gasteiger partial charge >= 0.3 is 0 Å². The largest absolute Gasteiger partial charge is 0.312 e. The number of nitrogens with one attached hydrogen (secondary N) is 1. The SMILES string of the molecule is CNC1CCCc2nc(-c3cscc3C)sc21. The van der Waals surface area contributed by atoms with Gasteiger partial charge in [-0.1, -0.05) is 0 Å². The van der Waals surface area contributed by atoms with E-state index in [0.717, 1.165) is 6.42 Å². The van der Waals surface area contributed by atoms with Crippen LogP contribution in [0.5, 0.6) is 0 Å². The topological polar surface area (TPSA) is 24.9 Å². The lowest BCUT2D eigenvalue weighted by atomic mass is 9.98. The summed E-state index contributed by atoms with van der Waals surface area (Å²) in [5.41, 5.74) is 3.99. The molecule has 2 aromatic heterocycles. The Labute approximate surface area is 110 Å². The van der Waals surface area contributed by atoms with Crippen LogP contribution >= 0.6 is 22.7 Å². The molecular weight excluding hydrogens is 248 g/mol. The zero-order chi connectivity index (χ0) is 11.8. The van der Waals surface area contributed by atoms with Gasteiger partial charge < -0.3 is 5.32 Å². The van der Waals surface area contributed by atoms with E-state index in [9.17, 15) is 0 Å². The van der Waals surface area contributed by atoms with E-state index in [1.165, 1.54) is 39.5 Å². The number of rotatable bonds is 2. The molecule has 2 nitrogen and oxygen atoms in total. The lowest BCUT2D eigenvalue weighted by Crippen LogP contribution is -2.19. The zero-order valence-corrected chi connectivity index (χ0v) is 11.8. The van der Waals surface area contributed by atoms with Crippen molar-refractivity contribution in [1.82, 2.24) is 10.3 Å². The molecule has 17 heavy (non-hydrogen) atoms. The van der Waals surface area contributed by atoms with E-state index in [-0.39, 0.29) is 0 Å². The van der Waals surface area contributed by atoms with Crippen molar-refractivity contribution in [2.45, 2.75) is 32.2 Å². The van der Waals surface area contributed by atoms with E-state index in [1.807, 2.05) is 11.3 Å². The van der Waals surface area contributed by atoms with Crippen molar-refractivity contribution in [2.24, 2.45) is 0 Å². The van der Waals surface area contributed by atoms with Gasteiger partial charge in [-0.15, -0.1) is 11.3 Å². The summed E-state index contributed by atoms with van der Waals surface area (Å²) in [7, 11) is 2.05. The Morgan fingerprint density at radius 3 is 3.00 bits per heavy atom. The van der Waals surface area contributed by atoms with Crippen molar-refractivity contribution in [3.8, 4) is 10.6 Å². The van der Waals surface area contributed by atoms with Gasteiger partial charge in [0.2, 0.25) is 0 Å². The first kappa shape index (κ1) is 11.4. The molecule has 0 amide bonds. The van der Waals surface area contributed by atoms with Gasteiger partial charge in [0.15, 0.2) is 0 Å². The fourth-order valence-electron chi connectivity index (χ4n) is 2.39. The van der Waals surface area contributed by atoms with Crippen LogP contribution in [0, 0.1) is 6.92 Å². The summed E-state index contributed by atoms with van der Waals surface area (Å²) in [6, 6.07) is 0.518. The first-order valence-electron chi connectivity index (χ1n) is 5.99. The molecule has 2 aromatic rings. The minimum atomic E-state index is 0.518. The minimum Gasteiger partial charge on any atom is -0.312 e. The van der Waals surface area contributed by atoms with Gasteiger partial charge in [0, 0.05) is 21.9 Å². The van der Waals surface area contributed by atoms with Gasteiger partial charge in [0.05, 0.1) is 5.69 Å². The van der Waals surface area contributed by atoms with Gasteiger partial charge in [0.25, 0.3) is 0 Å². The van der Waals surface area contributed by atoms with E-state index in [0.29, 0.717) is 6.04 Å². The summed E-state index contributed by atoms with van der Waals surface area (Å²) in [5, 5.41) is 9.03. The summed E-state index contributed by atoms with van der Waals surface area (Å²) in [6.45, 7) is 2.17. The monoisotopic (exact) mass is 264 g/mol. The van der Waals surface area contributed by atoms with Crippen LogP contribution in [0.1, 0.15) is 35.0 Å². The van der Waals surface area contributed by atoms with Crippen LogP contribution < -0.4 is 5.32 Å². The fraction of sp³-hybridized carbons (Fsp3) is 0.462. The lowest BCUT2D eigenvalue weighted by Gasteiger charge is -2.19. The third kappa shape index (κ3) is 1.94. The number of aryl methyl sites for hydroxylation is 2. The van der Waals surface area contributed by atoms with Crippen LogP contribution in [-0.2, 0) is 6.42 Å². The molecule has 1 N–H and O–H groups in total. The second kappa shape index (κ2) is 4.52. The number of aromatic nitrogens is 1. The van der Waals surface area contributed by atoms with E-state index < -0.39 is 0 Å². The minimum absolute atomic E-state index is 0.518. The fourth-order valence-corrected chi connectivity index (χ4v) is 4.63. The average molecular weight is 264 g/mol. The molecule has 1 aliphatic rings. The molecule has 1 aliphatic carbocycles. The average Bonchev–Trinajstić information content (AvgIpc) is 2.93. The van der Waals surface area contributed by atoms with E-state index in [1.54, 1.807) is 11.3 Å². The second-order valence-electron chi connectivity index (χ2n) is 4.53. The summed E-state index contributed by atoms with van der Waals surface area (Å²) >= 11 is 3.64. The van der Waals surface area contributed by atoms with Crippen LogP contribution in [-0.4, -0.2) is 12.0 Å².